The van der Waals surface area contributed by atoms with Gasteiger partial charge in [-0.15, -0.1) is 0 Å². The standard InChI is InChI=1S/C16H24N2O2/c1-4-18(12-5-13-19)16(20)11-8-14-6-9-15(10-7-14)17(2)3/h6-11,19H,4-5,12-13H2,1-3H3/b11-8+. The molecular weight excluding hydrogens is 252 g/mol. The van der Waals surface area contributed by atoms with Crippen LogP contribution in [-0.4, -0.2) is 49.7 Å². The second-order valence-corrected chi connectivity index (χ2v) is 4.81. The molecule has 20 heavy (non-hydrogen) atoms. The molecule has 0 aliphatic rings. The molecule has 0 aliphatic carbocycles. The first-order valence-corrected chi connectivity index (χ1v) is 6.93. The first-order chi connectivity index (χ1) is 9.58. The molecule has 0 atom stereocenters. The van der Waals surface area contributed by atoms with Crippen LogP contribution in [-0.2, 0) is 4.79 Å². The molecule has 1 aromatic carbocycles. The van der Waals surface area contributed by atoms with Gasteiger partial charge in [-0.1, -0.05) is 12.1 Å². The van der Waals surface area contributed by atoms with Gasteiger partial charge in [-0.2, -0.15) is 0 Å². The third-order valence-corrected chi connectivity index (χ3v) is 3.11. The number of aliphatic hydroxyl groups is 1. The molecule has 0 saturated heterocycles. The highest BCUT2D eigenvalue weighted by atomic mass is 16.3. The minimum atomic E-state index is -0.0161. The summed E-state index contributed by atoms with van der Waals surface area (Å²) < 4.78 is 0. The highest BCUT2D eigenvalue weighted by molar-refractivity contribution is 5.91. The molecule has 0 heterocycles. The molecule has 110 valence electrons. The van der Waals surface area contributed by atoms with Crippen molar-refractivity contribution in [3.8, 4) is 0 Å². The molecular formula is C16H24N2O2. The van der Waals surface area contributed by atoms with Crippen LogP contribution in [0.4, 0.5) is 5.69 Å². The van der Waals surface area contributed by atoms with Gasteiger partial charge >= 0.3 is 0 Å². The fourth-order valence-corrected chi connectivity index (χ4v) is 1.84. The van der Waals surface area contributed by atoms with Crippen molar-refractivity contribution in [2.75, 3.05) is 38.7 Å². The highest BCUT2D eigenvalue weighted by Gasteiger charge is 2.06. The molecule has 4 nitrogen and oxygen atoms in total. The number of rotatable bonds is 7. The Morgan fingerprint density at radius 2 is 1.90 bits per heavy atom. The SMILES string of the molecule is CCN(CCCO)C(=O)/C=C/c1ccc(N(C)C)cc1. The number of hydrogen-bond donors (Lipinski definition) is 1. The average Bonchev–Trinajstić information content (AvgIpc) is 2.46. The third-order valence-electron chi connectivity index (χ3n) is 3.11. The molecule has 4 heteroatoms. The first-order valence-electron chi connectivity index (χ1n) is 6.93. The predicted octanol–water partition coefficient (Wildman–Crippen LogP) is 2.00. The fraction of sp³-hybridized carbons (Fsp3) is 0.438. The Bertz CT molecular complexity index is 438. The van der Waals surface area contributed by atoms with Gasteiger partial charge in [-0.3, -0.25) is 4.79 Å². The van der Waals surface area contributed by atoms with E-state index < -0.39 is 0 Å². The molecule has 1 amide bonds. The first kappa shape index (κ1) is 16.2. The molecule has 0 spiro atoms. The van der Waals surface area contributed by atoms with Crippen molar-refractivity contribution in [3.63, 3.8) is 0 Å². The monoisotopic (exact) mass is 276 g/mol. The highest BCUT2D eigenvalue weighted by Crippen LogP contribution is 2.13. The Morgan fingerprint density at radius 1 is 1.25 bits per heavy atom. The average molecular weight is 276 g/mol. The Hall–Kier alpha value is -1.81. The van der Waals surface area contributed by atoms with Crippen molar-refractivity contribution < 1.29 is 9.90 Å². The van der Waals surface area contributed by atoms with Crippen LogP contribution in [0, 0.1) is 0 Å². The lowest BCUT2D eigenvalue weighted by molar-refractivity contribution is -0.125. The fourth-order valence-electron chi connectivity index (χ4n) is 1.84. The Balaban J connectivity index is 2.63. The summed E-state index contributed by atoms with van der Waals surface area (Å²) >= 11 is 0. The zero-order valence-electron chi connectivity index (χ0n) is 12.5. The molecule has 0 radical (unpaired) electrons. The normalized spacial score (nSPS) is 10.8. The summed E-state index contributed by atoms with van der Waals surface area (Å²) in [5.41, 5.74) is 2.13. The summed E-state index contributed by atoms with van der Waals surface area (Å²) in [5.74, 6) is -0.0161. The summed E-state index contributed by atoms with van der Waals surface area (Å²) in [7, 11) is 3.99. The Morgan fingerprint density at radius 3 is 2.40 bits per heavy atom. The number of likely N-dealkylation sites (N-methyl/N-ethyl adjacent to an activating group) is 1. The van der Waals surface area contributed by atoms with Gasteiger partial charge in [0.25, 0.3) is 0 Å². The van der Waals surface area contributed by atoms with E-state index in [4.69, 9.17) is 5.11 Å². The lowest BCUT2D eigenvalue weighted by Gasteiger charge is -2.18. The molecule has 1 aromatic rings. The zero-order valence-corrected chi connectivity index (χ0v) is 12.5. The summed E-state index contributed by atoms with van der Waals surface area (Å²) in [6.45, 7) is 3.30. The van der Waals surface area contributed by atoms with E-state index in [1.54, 1.807) is 11.0 Å². The van der Waals surface area contributed by atoms with Crippen molar-refractivity contribution in [2.45, 2.75) is 13.3 Å². The maximum atomic E-state index is 12.0. The number of nitrogens with zero attached hydrogens (tertiary/aromatic N) is 2. The van der Waals surface area contributed by atoms with Crippen LogP contribution in [0.25, 0.3) is 6.08 Å². The summed E-state index contributed by atoms with van der Waals surface area (Å²) in [6, 6.07) is 8.02. The van der Waals surface area contributed by atoms with Gasteiger partial charge in [-0.05, 0) is 37.1 Å². The van der Waals surface area contributed by atoms with Crippen LogP contribution in [0.1, 0.15) is 18.9 Å². The van der Waals surface area contributed by atoms with Gasteiger partial charge < -0.3 is 14.9 Å². The molecule has 0 aromatic heterocycles. The van der Waals surface area contributed by atoms with Gasteiger partial charge in [0.05, 0.1) is 0 Å². The van der Waals surface area contributed by atoms with Gasteiger partial charge in [0.2, 0.25) is 5.91 Å². The molecule has 0 bridgehead atoms. The van der Waals surface area contributed by atoms with E-state index in [1.165, 1.54) is 0 Å². The molecule has 1 N–H and O–H groups in total. The zero-order chi connectivity index (χ0) is 15.0. The quantitative estimate of drug-likeness (QED) is 0.775. The summed E-state index contributed by atoms with van der Waals surface area (Å²) in [4.78, 5) is 15.7. The second kappa shape index (κ2) is 8.38. The van der Waals surface area contributed by atoms with E-state index in [0.29, 0.717) is 19.5 Å². The number of carbonyl (C=O) groups is 1. The van der Waals surface area contributed by atoms with Crippen molar-refractivity contribution in [2.24, 2.45) is 0 Å². The van der Waals surface area contributed by atoms with Crippen molar-refractivity contribution in [1.82, 2.24) is 4.90 Å². The summed E-state index contributed by atoms with van der Waals surface area (Å²) in [5, 5.41) is 8.81. The Labute approximate surface area is 121 Å². The summed E-state index contributed by atoms with van der Waals surface area (Å²) in [6.07, 6.45) is 4.03. The lowest BCUT2D eigenvalue weighted by atomic mass is 10.2. The van der Waals surface area contributed by atoms with Gasteiger partial charge in [0, 0.05) is 45.6 Å². The number of carbonyl (C=O) groups excluding carboxylic acids is 1. The van der Waals surface area contributed by atoms with E-state index in [9.17, 15) is 4.79 Å². The number of aliphatic hydroxyl groups excluding tert-OH is 1. The largest absolute Gasteiger partial charge is 0.396 e. The molecule has 0 fully saturated rings. The predicted molar refractivity (Wildman–Crippen MR) is 83.8 cm³/mol. The third kappa shape index (κ3) is 5.05. The van der Waals surface area contributed by atoms with Crippen LogP contribution in [0.2, 0.25) is 0 Å². The van der Waals surface area contributed by atoms with Crippen LogP contribution < -0.4 is 4.90 Å². The van der Waals surface area contributed by atoms with Gasteiger partial charge in [0.1, 0.15) is 0 Å². The van der Waals surface area contributed by atoms with Crippen molar-refractivity contribution in [1.29, 1.82) is 0 Å². The maximum absolute atomic E-state index is 12.0. The van der Waals surface area contributed by atoms with Crippen molar-refractivity contribution >= 4 is 17.7 Å². The minimum absolute atomic E-state index is 0.0161. The van der Waals surface area contributed by atoms with Crippen LogP contribution in [0.3, 0.4) is 0 Å². The number of amides is 1. The van der Waals surface area contributed by atoms with E-state index in [2.05, 4.69) is 0 Å². The van der Waals surface area contributed by atoms with E-state index >= 15 is 0 Å². The van der Waals surface area contributed by atoms with Crippen LogP contribution in [0.15, 0.2) is 30.3 Å². The van der Waals surface area contributed by atoms with E-state index in [-0.39, 0.29) is 12.5 Å². The number of hydrogen-bond acceptors (Lipinski definition) is 3. The molecule has 0 unspecified atom stereocenters. The van der Waals surface area contributed by atoms with Crippen molar-refractivity contribution in [3.05, 3.63) is 35.9 Å². The number of anilines is 1. The molecule has 0 aliphatic heterocycles. The number of benzene rings is 1. The maximum Gasteiger partial charge on any atom is 0.246 e. The van der Waals surface area contributed by atoms with Gasteiger partial charge in [0.15, 0.2) is 0 Å². The topological polar surface area (TPSA) is 43.8 Å². The van der Waals surface area contributed by atoms with E-state index in [1.807, 2.05) is 56.3 Å². The molecule has 1 rings (SSSR count). The van der Waals surface area contributed by atoms with E-state index in [0.717, 1.165) is 11.3 Å². The molecule has 0 saturated carbocycles. The Kier molecular flexibility index (Phi) is 6.81. The second-order valence-electron chi connectivity index (χ2n) is 4.81. The van der Waals surface area contributed by atoms with Crippen LogP contribution in [0.5, 0.6) is 0 Å². The minimum Gasteiger partial charge on any atom is -0.396 e. The van der Waals surface area contributed by atoms with Gasteiger partial charge in [-0.25, -0.2) is 0 Å². The van der Waals surface area contributed by atoms with Crippen LogP contribution >= 0.6 is 0 Å². The smallest absolute Gasteiger partial charge is 0.246 e. The lowest BCUT2D eigenvalue weighted by Crippen LogP contribution is -2.30.